The molecule has 4 nitrogen and oxygen atoms in total. The van der Waals surface area contributed by atoms with E-state index in [2.05, 4.69) is 4.98 Å². The van der Waals surface area contributed by atoms with E-state index in [-0.39, 0.29) is 12.2 Å². The van der Waals surface area contributed by atoms with Crippen molar-refractivity contribution in [3.8, 4) is 16.3 Å². The van der Waals surface area contributed by atoms with Gasteiger partial charge in [0.15, 0.2) is 0 Å². The van der Waals surface area contributed by atoms with Gasteiger partial charge in [-0.05, 0) is 6.07 Å². The average molecular weight is 235 g/mol. The van der Waals surface area contributed by atoms with Crippen LogP contribution in [0, 0.1) is 0 Å². The van der Waals surface area contributed by atoms with Crippen LogP contribution in [0.4, 0.5) is 0 Å². The number of carbonyl (C=O) groups is 1. The van der Waals surface area contributed by atoms with Crippen molar-refractivity contribution in [1.82, 2.24) is 4.98 Å². The number of hydrogen-bond donors (Lipinski definition) is 2. The van der Waals surface area contributed by atoms with Gasteiger partial charge in [0.25, 0.3) is 0 Å². The number of hydrogen-bond acceptors (Lipinski definition) is 4. The topological polar surface area (TPSA) is 70.4 Å². The fourth-order valence-corrected chi connectivity index (χ4v) is 2.09. The van der Waals surface area contributed by atoms with Crippen LogP contribution in [0.3, 0.4) is 0 Å². The van der Waals surface area contributed by atoms with Crippen LogP contribution in [0.2, 0.25) is 0 Å². The molecule has 0 unspecified atom stereocenters. The first-order valence-corrected chi connectivity index (χ1v) is 5.49. The van der Waals surface area contributed by atoms with Gasteiger partial charge in [0.05, 0.1) is 12.0 Å². The lowest BCUT2D eigenvalue weighted by Crippen LogP contribution is -2.00. The van der Waals surface area contributed by atoms with Crippen molar-refractivity contribution in [3.63, 3.8) is 0 Å². The van der Waals surface area contributed by atoms with Crippen LogP contribution in [0.15, 0.2) is 29.8 Å². The highest BCUT2D eigenvalue weighted by atomic mass is 32.1. The molecule has 0 fully saturated rings. The Balaban J connectivity index is 2.45. The number of aromatic nitrogens is 1. The number of aliphatic carboxylic acids is 1. The first kappa shape index (κ1) is 10.6. The highest BCUT2D eigenvalue weighted by Crippen LogP contribution is 2.33. The van der Waals surface area contributed by atoms with Crippen LogP contribution in [-0.2, 0) is 11.2 Å². The molecule has 2 rings (SSSR count). The molecule has 1 aromatic heterocycles. The van der Waals surface area contributed by atoms with Crippen LogP contribution in [-0.4, -0.2) is 21.2 Å². The third kappa shape index (κ3) is 2.04. The van der Waals surface area contributed by atoms with Gasteiger partial charge in [-0.2, -0.15) is 0 Å². The lowest BCUT2D eigenvalue weighted by molar-refractivity contribution is -0.136. The summed E-state index contributed by atoms with van der Waals surface area (Å²) in [4.78, 5) is 14.7. The summed E-state index contributed by atoms with van der Waals surface area (Å²) in [5.41, 5.74) is 0.981. The minimum absolute atomic E-state index is 0.000139. The van der Waals surface area contributed by atoms with E-state index in [1.54, 1.807) is 29.8 Å². The number of thiazole rings is 1. The van der Waals surface area contributed by atoms with Gasteiger partial charge in [0.1, 0.15) is 10.8 Å². The summed E-state index contributed by atoms with van der Waals surface area (Å²) < 4.78 is 0. The van der Waals surface area contributed by atoms with Crippen molar-refractivity contribution in [2.75, 3.05) is 0 Å². The summed E-state index contributed by atoms with van der Waals surface area (Å²) in [7, 11) is 0. The lowest BCUT2D eigenvalue weighted by atomic mass is 10.1. The Bertz CT molecular complexity index is 508. The SMILES string of the molecule is O=C(O)Cc1cccc(-c2nccs2)c1O. The van der Waals surface area contributed by atoms with Gasteiger partial charge in [-0.3, -0.25) is 4.79 Å². The molecule has 16 heavy (non-hydrogen) atoms. The zero-order valence-electron chi connectivity index (χ0n) is 8.25. The van der Waals surface area contributed by atoms with Crippen LogP contribution in [0.25, 0.3) is 10.6 Å². The summed E-state index contributed by atoms with van der Waals surface area (Å²) in [5.74, 6) is -0.966. The van der Waals surface area contributed by atoms with Crippen LogP contribution >= 0.6 is 11.3 Å². The maximum Gasteiger partial charge on any atom is 0.307 e. The molecule has 5 heteroatoms. The molecule has 0 bridgehead atoms. The Kier molecular flexibility index (Phi) is 2.87. The van der Waals surface area contributed by atoms with Gasteiger partial charge in [-0.25, -0.2) is 4.98 Å². The number of phenols is 1. The molecule has 2 aromatic rings. The quantitative estimate of drug-likeness (QED) is 0.855. The van der Waals surface area contributed by atoms with Crippen LogP contribution in [0.5, 0.6) is 5.75 Å². The van der Waals surface area contributed by atoms with Crippen molar-refractivity contribution < 1.29 is 15.0 Å². The number of rotatable bonds is 3. The second kappa shape index (κ2) is 4.32. The fraction of sp³-hybridized carbons (Fsp3) is 0.0909. The molecule has 1 heterocycles. The Labute approximate surface area is 95.8 Å². The van der Waals surface area contributed by atoms with E-state index >= 15 is 0 Å². The van der Waals surface area contributed by atoms with Gasteiger partial charge >= 0.3 is 5.97 Å². The molecule has 2 N–H and O–H groups in total. The van der Waals surface area contributed by atoms with E-state index in [9.17, 15) is 9.90 Å². The van der Waals surface area contributed by atoms with Crippen LogP contribution in [0.1, 0.15) is 5.56 Å². The third-order valence-electron chi connectivity index (χ3n) is 2.12. The molecule has 0 aliphatic rings. The first-order valence-electron chi connectivity index (χ1n) is 4.61. The van der Waals surface area contributed by atoms with E-state index < -0.39 is 5.97 Å². The number of carboxylic acids is 1. The Morgan fingerprint density at radius 3 is 2.88 bits per heavy atom. The maximum atomic E-state index is 10.6. The third-order valence-corrected chi connectivity index (χ3v) is 2.93. The smallest absolute Gasteiger partial charge is 0.307 e. The summed E-state index contributed by atoms with van der Waals surface area (Å²) in [6.07, 6.45) is 1.45. The second-order valence-electron chi connectivity index (χ2n) is 3.22. The largest absolute Gasteiger partial charge is 0.507 e. The van der Waals surface area contributed by atoms with E-state index in [1.165, 1.54) is 11.3 Å². The Morgan fingerprint density at radius 1 is 1.44 bits per heavy atom. The fourth-order valence-electron chi connectivity index (χ4n) is 1.43. The van der Waals surface area contributed by atoms with E-state index in [4.69, 9.17) is 5.11 Å². The summed E-state index contributed by atoms with van der Waals surface area (Å²) in [5, 5.41) is 21.1. The molecular weight excluding hydrogens is 226 g/mol. The van der Waals surface area contributed by atoms with Crippen molar-refractivity contribution in [2.45, 2.75) is 6.42 Å². The minimum atomic E-state index is -0.966. The van der Waals surface area contributed by atoms with E-state index in [0.29, 0.717) is 16.1 Å². The molecule has 1 aromatic carbocycles. The summed E-state index contributed by atoms with van der Waals surface area (Å²) in [6.45, 7) is 0. The molecule has 0 atom stereocenters. The van der Waals surface area contributed by atoms with Gasteiger partial charge in [-0.15, -0.1) is 11.3 Å². The number of phenolic OH excluding ortho intramolecular Hbond substituents is 1. The molecule has 0 radical (unpaired) electrons. The molecule has 0 amide bonds. The zero-order valence-corrected chi connectivity index (χ0v) is 9.07. The zero-order chi connectivity index (χ0) is 11.5. The Hall–Kier alpha value is -1.88. The first-order chi connectivity index (χ1) is 7.68. The normalized spacial score (nSPS) is 10.2. The van der Waals surface area contributed by atoms with Gasteiger partial charge < -0.3 is 10.2 Å². The molecule has 82 valence electrons. The molecular formula is C11H9NO3S. The second-order valence-corrected chi connectivity index (χ2v) is 4.12. The standard InChI is InChI=1S/C11H9NO3S/c13-9(14)6-7-2-1-3-8(10(7)15)11-12-4-5-16-11/h1-5,15H,6H2,(H,13,14). The van der Waals surface area contributed by atoms with E-state index in [1.807, 2.05) is 0 Å². The molecule has 0 saturated heterocycles. The molecule has 0 spiro atoms. The Morgan fingerprint density at radius 2 is 2.25 bits per heavy atom. The van der Waals surface area contributed by atoms with Gasteiger partial charge in [0.2, 0.25) is 0 Å². The highest BCUT2D eigenvalue weighted by Gasteiger charge is 2.12. The predicted molar refractivity (Wildman–Crippen MR) is 60.6 cm³/mol. The summed E-state index contributed by atoms with van der Waals surface area (Å²) >= 11 is 1.40. The number of para-hydroxylation sites is 1. The number of nitrogens with zero attached hydrogens (tertiary/aromatic N) is 1. The number of benzene rings is 1. The lowest BCUT2D eigenvalue weighted by Gasteiger charge is -2.05. The van der Waals surface area contributed by atoms with Crippen molar-refractivity contribution in [2.24, 2.45) is 0 Å². The van der Waals surface area contributed by atoms with Gasteiger partial charge in [0, 0.05) is 17.1 Å². The molecule has 0 aliphatic heterocycles. The van der Waals surface area contributed by atoms with Crippen LogP contribution < -0.4 is 0 Å². The van der Waals surface area contributed by atoms with E-state index in [0.717, 1.165) is 0 Å². The average Bonchev–Trinajstić information content (AvgIpc) is 2.73. The van der Waals surface area contributed by atoms with Crippen molar-refractivity contribution in [1.29, 1.82) is 0 Å². The summed E-state index contributed by atoms with van der Waals surface area (Å²) in [6, 6.07) is 5.04. The van der Waals surface area contributed by atoms with Gasteiger partial charge in [-0.1, -0.05) is 12.1 Å². The number of carboxylic acid groups (broad SMARTS) is 1. The number of aromatic hydroxyl groups is 1. The van der Waals surface area contributed by atoms with Crippen molar-refractivity contribution >= 4 is 17.3 Å². The minimum Gasteiger partial charge on any atom is -0.507 e. The molecule has 0 saturated carbocycles. The van der Waals surface area contributed by atoms with Crippen molar-refractivity contribution in [3.05, 3.63) is 35.3 Å². The maximum absolute atomic E-state index is 10.6. The molecule has 0 aliphatic carbocycles. The monoisotopic (exact) mass is 235 g/mol. The predicted octanol–water partition coefficient (Wildman–Crippen LogP) is 2.14. The highest BCUT2D eigenvalue weighted by molar-refractivity contribution is 7.13.